The van der Waals surface area contributed by atoms with Crippen LogP contribution >= 0.6 is 0 Å². The summed E-state index contributed by atoms with van der Waals surface area (Å²) < 4.78 is 10.5. The largest absolute Gasteiger partial charge is 0.468 e. The third-order valence-electron chi connectivity index (χ3n) is 3.52. The first-order chi connectivity index (χ1) is 8.87. The molecule has 19 heavy (non-hydrogen) atoms. The zero-order chi connectivity index (χ0) is 14.9. The molecule has 3 atom stereocenters. The molecule has 0 amide bonds. The molecule has 0 saturated heterocycles. The Bertz CT molecular complexity index is 254. The monoisotopic (exact) mass is 273 g/mol. The predicted octanol–water partition coefficient (Wildman–Crippen LogP) is 2.89. The molecule has 0 aromatic heterocycles. The molecule has 0 rings (SSSR count). The van der Waals surface area contributed by atoms with Crippen molar-refractivity contribution in [3.63, 3.8) is 0 Å². The summed E-state index contributed by atoms with van der Waals surface area (Å²) in [6.45, 7) is 8.78. The van der Waals surface area contributed by atoms with Crippen LogP contribution in [-0.4, -0.2) is 31.3 Å². The second-order valence-electron chi connectivity index (χ2n) is 5.67. The van der Waals surface area contributed by atoms with Gasteiger partial charge in [-0.2, -0.15) is 0 Å². The zero-order valence-corrected chi connectivity index (χ0v) is 13.2. The molecule has 0 aliphatic heterocycles. The number of carbonyl (C=O) groups excluding carboxylic acids is 1. The lowest BCUT2D eigenvalue weighted by Gasteiger charge is -2.26. The maximum atomic E-state index is 11.5. The van der Waals surface area contributed by atoms with Crippen LogP contribution in [0.15, 0.2) is 0 Å². The third-order valence-corrected chi connectivity index (χ3v) is 3.52. The number of unbranched alkanes of at least 4 members (excludes halogenated alkanes) is 1. The minimum Gasteiger partial charge on any atom is -0.468 e. The summed E-state index contributed by atoms with van der Waals surface area (Å²) in [6, 6.07) is 0. The van der Waals surface area contributed by atoms with E-state index in [1.165, 1.54) is 26.4 Å². The number of esters is 1. The number of nitrogens with two attached hydrogens (primary N) is 1. The van der Waals surface area contributed by atoms with Gasteiger partial charge in [-0.15, -0.1) is 0 Å². The van der Waals surface area contributed by atoms with Crippen LogP contribution in [0.2, 0.25) is 0 Å². The summed E-state index contributed by atoms with van der Waals surface area (Å²) >= 11 is 0. The van der Waals surface area contributed by atoms with Crippen molar-refractivity contribution >= 4 is 5.97 Å². The van der Waals surface area contributed by atoms with Crippen LogP contribution in [0.3, 0.4) is 0 Å². The summed E-state index contributed by atoms with van der Waals surface area (Å²) in [5, 5.41) is 0. The molecule has 0 heterocycles. The Morgan fingerprint density at radius 1 is 1.37 bits per heavy atom. The van der Waals surface area contributed by atoms with Gasteiger partial charge in [0.25, 0.3) is 0 Å². The summed E-state index contributed by atoms with van der Waals surface area (Å²) in [5.74, 6) is 0.213. The Hall–Kier alpha value is -0.610. The summed E-state index contributed by atoms with van der Waals surface area (Å²) in [4.78, 5) is 11.5. The Kier molecular flexibility index (Phi) is 9.02. The topological polar surface area (TPSA) is 61.5 Å². The van der Waals surface area contributed by atoms with E-state index >= 15 is 0 Å². The average molecular weight is 273 g/mol. The van der Waals surface area contributed by atoms with Crippen LogP contribution in [-0.2, 0) is 14.3 Å². The fraction of sp³-hybridized carbons (Fsp3) is 0.933. The molecule has 2 N–H and O–H groups in total. The Balaban J connectivity index is 4.09. The van der Waals surface area contributed by atoms with Gasteiger partial charge in [0.1, 0.15) is 5.54 Å². The molecule has 0 aromatic carbocycles. The Morgan fingerprint density at radius 2 is 2.00 bits per heavy atom. The lowest BCUT2D eigenvalue weighted by Crippen LogP contribution is -2.48. The van der Waals surface area contributed by atoms with Crippen LogP contribution in [0.25, 0.3) is 0 Å². The van der Waals surface area contributed by atoms with Gasteiger partial charge >= 0.3 is 5.97 Å². The highest BCUT2D eigenvalue weighted by Crippen LogP contribution is 2.17. The number of rotatable bonds is 10. The second kappa shape index (κ2) is 9.32. The van der Waals surface area contributed by atoms with Crippen LogP contribution in [0.1, 0.15) is 59.8 Å². The average Bonchev–Trinajstić information content (AvgIpc) is 2.37. The molecule has 0 bridgehead atoms. The molecule has 4 nitrogen and oxygen atoms in total. The molecule has 0 aromatic rings. The van der Waals surface area contributed by atoms with E-state index in [1.807, 2.05) is 6.92 Å². The molecular formula is C15H31NO3. The van der Waals surface area contributed by atoms with Crippen LogP contribution in [0.5, 0.6) is 0 Å². The predicted molar refractivity (Wildman–Crippen MR) is 77.9 cm³/mol. The standard InChI is InChI=1S/C15H31NO3/c1-6-8-9-13(7-2)11-19-12(3)10-15(4,16)14(17)18-5/h12-13H,6-11,16H2,1-5H3. The molecule has 0 saturated carbocycles. The van der Waals surface area contributed by atoms with Crippen molar-refractivity contribution in [3.05, 3.63) is 0 Å². The van der Waals surface area contributed by atoms with Gasteiger partial charge in [-0.05, 0) is 26.2 Å². The van der Waals surface area contributed by atoms with Gasteiger partial charge in [0, 0.05) is 13.0 Å². The molecule has 0 spiro atoms. The van der Waals surface area contributed by atoms with Gasteiger partial charge in [0.05, 0.1) is 13.2 Å². The highest BCUT2D eigenvalue weighted by molar-refractivity contribution is 5.79. The molecule has 0 aliphatic rings. The first-order valence-corrected chi connectivity index (χ1v) is 7.36. The Labute approximate surface area is 118 Å². The molecule has 114 valence electrons. The molecule has 4 heteroatoms. The van der Waals surface area contributed by atoms with Crippen molar-refractivity contribution in [1.82, 2.24) is 0 Å². The van der Waals surface area contributed by atoms with Crippen molar-refractivity contribution in [2.45, 2.75) is 71.4 Å². The van der Waals surface area contributed by atoms with Crippen molar-refractivity contribution in [2.75, 3.05) is 13.7 Å². The van der Waals surface area contributed by atoms with Gasteiger partial charge in [-0.1, -0.05) is 33.1 Å². The van der Waals surface area contributed by atoms with Crippen molar-refractivity contribution < 1.29 is 14.3 Å². The van der Waals surface area contributed by atoms with E-state index in [1.54, 1.807) is 6.92 Å². The van der Waals surface area contributed by atoms with E-state index in [2.05, 4.69) is 13.8 Å². The summed E-state index contributed by atoms with van der Waals surface area (Å²) in [7, 11) is 1.36. The number of methoxy groups -OCH3 is 1. The smallest absolute Gasteiger partial charge is 0.325 e. The van der Waals surface area contributed by atoms with E-state index < -0.39 is 5.54 Å². The molecular weight excluding hydrogens is 242 g/mol. The van der Waals surface area contributed by atoms with E-state index in [-0.39, 0.29) is 12.1 Å². The maximum absolute atomic E-state index is 11.5. The summed E-state index contributed by atoms with van der Waals surface area (Å²) in [5.41, 5.74) is 4.96. The third kappa shape index (κ3) is 7.53. The SMILES string of the molecule is CCCCC(CC)COC(C)CC(C)(N)C(=O)OC. The number of carbonyl (C=O) groups is 1. The quantitative estimate of drug-likeness (QED) is 0.622. The van der Waals surface area contributed by atoms with Gasteiger partial charge < -0.3 is 15.2 Å². The highest BCUT2D eigenvalue weighted by Gasteiger charge is 2.31. The zero-order valence-electron chi connectivity index (χ0n) is 13.2. The van der Waals surface area contributed by atoms with E-state index in [0.717, 1.165) is 13.0 Å². The minimum absolute atomic E-state index is 0.0372. The van der Waals surface area contributed by atoms with Gasteiger partial charge in [0.2, 0.25) is 0 Å². The number of hydrogen-bond donors (Lipinski definition) is 1. The molecule has 0 radical (unpaired) electrons. The Morgan fingerprint density at radius 3 is 2.47 bits per heavy atom. The van der Waals surface area contributed by atoms with Crippen molar-refractivity contribution in [3.8, 4) is 0 Å². The number of hydrogen-bond acceptors (Lipinski definition) is 4. The van der Waals surface area contributed by atoms with Gasteiger partial charge in [-0.25, -0.2) is 0 Å². The molecule has 0 fully saturated rings. The first-order valence-electron chi connectivity index (χ1n) is 7.36. The number of ether oxygens (including phenoxy) is 2. The van der Waals surface area contributed by atoms with E-state index in [4.69, 9.17) is 15.2 Å². The fourth-order valence-corrected chi connectivity index (χ4v) is 2.17. The second-order valence-corrected chi connectivity index (χ2v) is 5.67. The molecule has 3 unspecified atom stereocenters. The van der Waals surface area contributed by atoms with Crippen molar-refractivity contribution in [2.24, 2.45) is 11.7 Å². The van der Waals surface area contributed by atoms with Gasteiger partial charge in [-0.3, -0.25) is 4.79 Å². The minimum atomic E-state index is -0.973. The van der Waals surface area contributed by atoms with Crippen molar-refractivity contribution in [1.29, 1.82) is 0 Å². The van der Waals surface area contributed by atoms with Crippen LogP contribution < -0.4 is 5.73 Å². The van der Waals surface area contributed by atoms with Crippen LogP contribution in [0, 0.1) is 5.92 Å². The van der Waals surface area contributed by atoms with Gasteiger partial charge in [0.15, 0.2) is 0 Å². The molecule has 0 aliphatic carbocycles. The first kappa shape index (κ1) is 18.4. The van der Waals surface area contributed by atoms with Crippen LogP contribution in [0.4, 0.5) is 0 Å². The summed E-state index contributed by atoms with van der Waals surface area (Å²) in [6.07, 6.45) is 5.23. The normalized spacial score (nSPS) is 17.6. The van der Waals surface area contributed by atoms with E-state index in [9.17, 15) is 4.79 Å². The lowest BCUT2D eigenvalue weighted by molar-refractivity contribution is -0.148. The maximum Gasteiger partial charge on any atom is 0.325 e. The van der Waals surface area contributed by atoms with E-state index in [0.29, 0.717) is 12.3 Å². The lowest BCUT2D eigenvalue weighted by atomic mass is 9.96. The highest BCUT2D eigenvalue weighted by atomic mass is 16.5. The fourth-order valence-electron chi connectivity index (χ4n) is 2.17.